The normalized spacial score (nSPS) is 20.4. The van der Waals surface area contributed by atoms with E-state index in [-0.39, 0.29) is 13.1 Å². The van der Waals surface area contributed by atoms with E-state index in [1.54, 1.807) is 20.8 Å². The zero-order valence-corrected chi connectivity index (χ0v) is 10.0. The summed E-state index contributed by atoms with van der Waals surface area (Å²) < 4.78 is 5.02. The minimum absolute atomic E-state index is 0.255. The third kappa shape index (κ3) is 3.07. The largest absolute Gasteiger partial charge is 0.479 e. The molecule has 7 heteroatoms. The van der Waals surface area contributed by atoms with Crippen LogP contribution in [0, 0.1) is 0 Å². The van der Waals surface area contributed by atoms with Crippen molar-refractivity contribution >= 4 is 12.1 Å². The van der Waals surface area contributed by atoms with E-state index in [9.17, 15) is 19.8 Å². The fraction of sp³-hybridized carbons (Fsp3) is 0.800. The molecular formula is C10H17NO6. The predicted octanol–water partition coefficient (Wildman–Crippen LogP) is -0.586. The molecule has 1 rings (SSSR count). The van der Waals surface area contributed by atoms with Crippen LogP contribution < -0.4 is 0 Å². The number of hydrogen-bond donors (Lipinski definition) is 3. The number of ether oxygens (including phenoxy) is 1. The number of carbonyl (C=O) groups is 2. The zero-order chi connectivity index (χ0) is 13.4. The first-order valence-corrected chi connectivity index (χ1v) is 5.16. The first-order chi connectivity index (χ1) is 7.55. The molecule has 0 bridgehead atoms. The Balaban J connectivity index is 2.51. The summed E-state index contributed by atoms with van der Waals surface area (Å²) in [4.78, 5) is 23.1. The molecule has 98 valence electrons. The topological polar surface area (TPSA) is 107 Å². The summed E-state index contributed by atoms with van der Waals surface area (Å²) in [6.07, 6.45) is -2.54. The van der Waals surface area contributed by atoms with Crippen molar-refractivity contribution in [3.8, 4) is 0 Å². The smallest absolute Gasteiger partial charge is 0.410 e. The predicted molar refractivity (Wildman–Crippen MR) is 56.4 cm³/mol. The van der Waals surface area contributed by atoms with E-state index < -0.39 is 29.4 Å². The Labute approximate surface area is 98.6 Å². The lowest BCUT2D eigenvalue weighted by Gasteiger charge is -2.47. The number of nitrogens with zero attached hydrogens (tertiary/aromatic N) is 1. The van der Waals surface area contributed by atoms with Gasteiger partial charge in [-0.2, -0.15) is 0 Å². The summed E-state index contributed by atoms with van der Waals surface area (Å²) in [6.45, 7) is 4.58. The Morgan fingerprint density at radius 2 is 1.82 bits per heavy atom. The van der Waals surface area contributed by atoms with Crippen molar-refractivity contribution in [2.24, 2.45) is 0 Å². The van der Waals surface area contributed by atoms with Gasteiger partial charge in [-0.15, -0.1) is 0 Å². The number of amides is 1. The molecule has 1 atom stereocenters. The van der Waals surface area contributed by atoms with Crippen LogP contribution in [0.1, 0.15) is 20.8 Å². The van der Waals surface area contributed by atoms with E-state index in [1.807, 2.05) is 0 Å². The van der Waals surface area contributed by atoms with Gasteiger partial charge in [0, 0.05) is 0 Å². The average Bonchev–Trinajstić information content (AvgIpc) is 2.08. The Bertz CT molecular complexity index is 328. The number of hydrogen-bond acceptors (Lipinski definition) is 5. The Morgan fingerprint density at radius 3 is 2.18 bits per heavy atom. The Hall–Kier alpha value is -1.34. The van der Waals surface area contributed by atoms with Gasteiger partial charge in [0.2, 0.25) is 0 Å². The molecule has 0 spiro atoms. The maximum Gasteiger partial charge on any atom is 0.410 e. The molecule has 0 aromatic heterocycles. The lowest BCUT2D eigenvalue weighted by molar-refractivity contribution is -0.186. The molecular weight excluding hydrogens is 230 g/mol. The van der Waals surface area contributed by atoms with Gasteiger partial charge < -0.3 is 25.0 Å². The summed E-state index contributed by atoms with van der Waals surface area (Å²) in [6, 6.07) is 0. The molecule has 0 saturated carbocycles. The molecule has 1 amide bonds. The van der Waals surface area contributed by atoms with Crippen LogP contribution in [0.2, 0.25) is 0 Å². The van der Waals surface area contributed by atoms with Crippen LogP contribution in [0.5, 0.6) is 0 Å². The molecule has 1 unspecified atom stereocenters. The first-order valence-electron chi connectivity index (χ1n) is 5.16. The van der Waals surface area contributed by atoms with Crippen molar-refractivity contribution in [1.82, 2.24) is 4.90 Å². The number of aliphatic hydroxyl groups excluding tert-OH is 1. The average molecular weight is 247 g/mol. The summed E-state index contributed by atoms with van der Waals surface area (Å²) in [7, 11) is 0. The van der Waals surface area contributed by atoms with Crippen LogP contribution in [-0.4, -0.2) is 62.7 Å². The molecule has 0 aromatic rings. The molecule has 7 nitrogen and oxygen atoms in total. The van der Waals surface area contributed by atoms with E-state index in [2.05, 4.69) is 0 Å². The number of carbonyl (C=O) groups excluding carboxylic acids is 1. The Kier molecular flexibility index (Phi) is 3.35. The minimum Gasteiger partial charge on any atom is -0.479 e. The van der Waals surface area contributed by atoms with E-state index >= 15 is 0 Å². The highest BCUT2D eigenvalue weighted by molar-refractivity contribution is 5.76. The number of rotatable bonds is 2. The van der Waals surface area contributed by atoms with Crippen LogP contribution in [0.15, 0.2) is 0 Å². The molecule has 1 heterocycles. The van der Waals surface area contributed by atoms with E-state index in [1.165, 1.54) is 0 Å². The van der Waals surface area contributed by atoms with Gasteiger partial charge in [-0.1, -0.05) is 0 Å². The highest BCUT2D eigenvalue weighted by Crippen LogP contribution is 2.26. The van der Waals surface area contributed by atoms with Crippen LogP contribution >= 0.6 is 0 Å². The lowest BCUT2D eigenvalue weighted by Crippen LogP contribution is -2.70. The molecule has 0 aromatic carbocycles. The molecule has 0 aliphatic carbocycles. The van der Waals surface area contributed by atoms with Gasteiger partial charge in [-0.05, 0) is 20.8 Å². The number of likely N-dealkylation sites (tertiary alicyclic amines) is 1. The molecule has 0 radical (unpaired) electrons. The summed E-state index contributed by atoms with van der Waals surface area (Å²) >= 11 is 0. The van der Waals surface area contributed by atoms with Gasteiger partial charge in [-0.3, -0.25) is 0 Å². The fourth-order valence-electron chi connectivity index (χ4n) is 1.47. The first kappa shape index (κ1) is 13.7. The van der Waals surface area contributed by atoms with Crippen molar-refractivity contribution in [3.63, 3.8) is 0 Å². The number of carboxylic acid groups (broad SMARTS) is 1. The standard InChI is InChI=1S/C10H17NO6/c1-9(2,3)17-8(15)11-4-10(16,5-11)6(12)7(13)14/h6,12,16H,4-5H2,1-3H3,(H,13,14). The zero-order valence-electron chi connectivity index (χ0n) is 10.0. The van der Waals surface area contributed by atoms with Crippen LogP contribution in [-0.2, 0) is 9.53 Å². The molecule has 1 saturated heterocycles. The van der Waals surface area contributed by atoms with Crippen molar-refractivity contribution < 1.29 is 29.6 Å². The van der Waals surface area contributed by atoms with E-state index in [4.69, 9.17) is 9.84 Å². The third-order valence-electron chi connectivity index (χ3n) is 2.32. The van der Waals surface area contributed by atoms with Gasteiger partial charge >= 0.3 is 12.1 Å². The molecule has 1 aliphatic heterocycles. The van der Waals surface area contributed by atoms with Crippen LogP contribution in [0.3, 0.4) is 0 Å². The molecule has 1 aliphatic rings. The van der Waals surface area contributed by atoms with Crippen molar-refractivity contribution in [2.75, 3.05) is 13.1 Å². The SMILES string of the molecule is CC(C)(C)OC(=O)N1CC(O)(C(O)C(=O)O)C1. The second-order valence-corrected chi connectivity index (χ2v) is 5.18. The quantitative estimate of drug-likeness (QED) is 0.602. The number of aliphatic hydroxyl groups is 2. The molecule has 1 fully saturated rings. The van der Waals surface area contributed by atoms with Crippen LogP contribution in [0.4, 0.5) is 4.79 Å². The Morgan fingerprint density at radius 1 is 1.35 bits per heavy atom. The van der Waals surface area contributed by atoms with Gasteiger partial charge in [0.1, 0.15) is 11.2 Å². The third-order valence-corrected chi connectivity index (χ3v) is 2.32. The van der Waals surface area contributed by atoms with Gasteiger partial charge in [-0.25, -0.2) is 9.59 Å². The van der Waals surface area contributed by atoms with E-state index in [0.29, 0.717) is 0 Å². The number of β-amino-alcohol motifs (C(OH)–C–C–N with tert-alkyl or cyclic N) is 1. The summed E-state index contributed by atoms with van der Waals surface area (Å²) in [5.41, 5.74) is -2.45. The maximum absolute atomic E-state index is 11.5. The summed E-state index contributed by atoms with van der Waals surface area (Å²) in [5, 5.41) is 27.4. The van der Waals surface area contributed by atoms with E-state index in [0.717, 1.165) is 4.90 Å². The monoisotopic (exact) mass is 247 g/mol. The van der Waals surface area contributed by atoms with Crippen molar-refractivity contribution in [1.29, 1.82) is 0 Å². The van der Waals surface area contributed by atoms with Gasteiger partial charge in [0.05, 0.1) is 13.1 Å². The van der Waals surface area contributed by atoms with Crippen molar-refractivity contribution in [3.05, 3.63) is 0 Å². The minimum atomic E-state index is -1.90. The second kappa shape index (κ2) is 4.15. The summed E-state index contributed by atoms with van der Waals surface area (Å²) in [5.74, 6) is -1.52. The number of carboxylic acids is 1. The molecule has 3 N–H and O–H groups in total. The second-order valence-electron chi connectivity index (χ2n) is 5.18. The number of aliphatic carboxylic acids is 1. The van der Waals surface area contributed by atoms with Crippen LogP contribution in [0.25, 0.3) is 0 Å². The highest BCUT2D eigenvalue weighted by Gasteiger charge is 2.52. The van der Waals surface area contributed by atoms with Crippen molar-refractivity contribution in [2.45, 2.75) is 38.1 Å². The highest BCUT2D eigenvalue weighted by atomic mass is 16.6. The van der Waals surface area contributed by atoms with Gasteiger partial charge in [0.15, 0.2) is 6.10 Å². The maximum atomic E-state index is 11.5. The fourth-order valence-corrected chi connectivity index (χ4v) is 1.47. The molecule has 17 heavy (non-hydrogen) atoms. The lowest BCUT2D eigenvalue weighted by atomic mass is 9.88. The van der Waals surface area contributed by atoms with Gasteiger partial charge in [0.25, 0.3) is 0 Å².